The number of nitrogens with one attached hydrogen (secondary N) is 1. The van der Waals surface area contributed by atoms with Gasteiger partial charge in [0.2, 0.25) is 0 Å². The van der Waals surface area contributed by atoms with Gasteiger partial charge in [0.15, 0.2) is 0 Å². The lowest BCUT2D eigenvalue weighted by Gasteiger charge is -2.03. The normalized spacial score (nSPS) is 10.6. The van der Waals surface area contributed by atoms with Crippen molar-refractivity contribution in [1.29, 1.82) is 0 Å². The summed E-state index contributed by atoms with van der Waals surface area (Å²) < 4.78 is 3.39. The number of carbonyl (C=O) groups excluding carboxylic acids is 1. The van der Waals surface area contributed by atoms with Crippen molar-refractivity contribution in [3.05, 3.63) is 35.4 Å². The molecule has 2 rings (SSSR count). The summed E-state index contributed by atoms with van der Waals surface area (Å²) in [5, 5.41) is 11.5. The molecule has 0 aliphatic rings. The number of amides is 1. The first kappa shape index (κ1) is 12.6. The lowest BCUT2D eigenvalue weighted by Crippen LogP contribution is -2.27. The third-order valence-electron chi connectivity index (χ3n) is 2.45. The molecule has 0 aromatic carbocycles. The minimum absolute atomic E-state index is 0.132. The predicted molar refractivity (Wildman–Crippen MR) is 67.5 cm³/mol. The third-order valence-corrected chi connectivity index (χ3v) is 2.64. The number of rotatable bonds is 5. The SMILES string of the molecule is CCn1cc(C(=O)NCCn2cc(Cl)cn2)cn1. The minimum atomic E-state index is -0.132. The first-order chi connectivity index (χ1) is 8.69. The molecule has 0 fully saturated rings. The van der Waals surface area contributed by atoms with E-state index in [9.17, 15) is 4.79 Å². The van der Waals surface area contributed by atoms with Crippen LogP contribution in [0, 0.1) is 0 Å². The van der Waals surface area contributed by atoms with E-state index in [2.05, 4.69) is 15.5 Å². The number of carbonyl (C=O) groups is 1. The number of aryl methyl sites for hydroxylation is 1. The Morgan fingerprint density at radius 3 is 2.72 bits per heavy atom. The van der Waals surface area contributed by atoms with Crippen molar-refractivity contribution in [2.75, 3.05) is 6.54 Å². The second kappa shape index (κ2) is 5.68. The molecule has 1 amide bonds. The molecule has 0 spiro atoms. The highest BCUT2D eigenvalue weighted by molar-refractivity contribution is 6.30. The van der Waals surface area contributed by atoms with Crippen molar-refractivity contribution in [2.45, 2.75) is 20.0 Å². The first-order valence-corrected chi connectivity index (χ1v) is 6.05. The van der Waals surface area contributed by atoms with Crippen LogP contribution in [0.4, 0.5) is 0 Å². The van der Waals surface area contributed by atoms with Crippen LogP contribution in [0.2, 0.25) is 5.02 Å². The standard InChI is InChI=1S/C11H14ClN5O/c1-2-16-7-9(5-14-16)11(18)13-3-4-17-8-10(12)6-15-17/h5-8H,2-4H2,1H3,(H,13,18). The number of halogens is 1. The van der Waals surface area contributed by atoms with E-state index < -0.39 is 0 Å². The van der Waals surface area contributed by atoms with Crippen LogP contribution >= 0.6 is 11.6 Å². The average molecular weight is 268 g/mol. The number of hydrogen-bond acceptors (Lipinski definition) is 3. The lowest BCUT2D eigenvalue weighted by atomic mass is 10.3. The van der Waals surface area contributed by atoms with Crippen molar-refractivity contribution in [2.24, 2.45) is 0 Å². The van der Waals surface area contributed by atoms with Crippen LogP contribution in [0.3, 0.4) is 0 Å². The molecule has 2 heterocycles. The van der Waals surface area contributed by atoms with Gasteiger partial charge in [0.25, 0.3) is 5.91 Å². The molecule has 0 unspecified atom stereocenters. The van der Waals surface area contributed by atoms with Crippen LogP contribution in [-0.2, 0) is 13.1 Å². The zero-order valence-electron chi connectivity index (χ0n) is 10.0. The number of hydrogen-bond donors (Lipinski definition) is 1. The second-order valence-corrected chi connectivity index (χ2v) is 4.20. The van der Waals surface area contributed by atoms with E-state index in [1.807, 2.05) is 6.92 Å². The van der Waals surface area contributed by atoms with E-state index in [1.54, 1.807) is 34.2 Å². The maximum atomic E-state index is 11.7. The summed E-state index contributed by atoms with van der Waals surface area (Å²) in [5.41, 5.74) is 0.565. The fraction of sp³-hybridized carbons (Fsp3) is 0.364. The molecule has 0 aliphatic carbocycles. The van der Waals surface area contributed by atoms with Crippen LogP contribution in [0.1, 0.15) is 17.3 Å². The molecular formula is C11H14ClN5O. The second-order valence-electron chi connectivity index (χ2n) is 3.76. The topological polar surface area (TPSA) is 64.7 Å². The van der Waals surface area contributed by atoms with E-state index in [-0.39, 0.29) is 5.91 Å². The molecule has 0 aliphatic heterocycles. The highest BCUT2D eigenvalue weighted by Gasteiger charge is 2.07. The molecule has 0 saturated heterocycles. The summed E-state index contributed by atoms with van der Waals surface area (Å²) >= 11 is 5.73. The predicted octanol–water partition coefficient (Wildman–Crippen LogP) is 1.18. The fourth-order valence-electron chi connectivity index (χ4n) is 1.50. The number of nitrogens with zero attached hydrogens (tertiary/aromatic N) is 4. The lowest BCUT2D eigenvalue weighted by molar-refractivity contribution is 0.0952. The summed E-state index contributed by atoms with van der Waals surface area (Å²) in [6.45, 7) is 3.80. The zero-order valence-corrected chi connectivity index (χ0v) is 10.8. The number of aromatic nitrogens is 4. The van der Waals surface area contributed by atoms with Gasteiger partial charge >= 0.3 is 0 Å². The third kappa shape index (κ3) is 3.10. The molecular weight excluding hydrogens is 254 g/mol. The Morgan fingerprint density at radius 2 is 2.11 bits per heavy atom. The molecule has 0 bridgehead atoms. The van der Waals surface area contributed by atoms with Gasteiger partial charge in [0.05, 0.1) is 29.5 Å². The van der Waals surface area contributed by atoms with Gasteiger partial charge < -0.3 is 5.32 Å². The maximum absolute atomic E-state index is 11.7. The van der Waals surface area contributed by atoms with Gasteiger partial charge in [-0.05, 0) is 6.92 Å². The van der Waals surface area contributed by atoms with Gasteiger partial charge in [-0.15, -0.1) is 0 Å². The van der Waals surface area contributed by atoms with Crippen molar-refractivity contribution < 1.29 is 4.79 Å². The van der Waals surface area contributed by atoms with Crippen LogP contribution in [0.5, 0.6) is 0 Å². The van der Waals surface area contributed by atoms with E-state index in [4.69, 9.17) is 11.6 Å². The molecule has 18 heavy (non-hydrogen) atoms. The van der Waals surface area contributed by atoms with Gasteiger partial charge in [-0.1, -0.05) is 11.6 Å². The quantitative estimate of drug-likeness (QED) is 0.885. The molecule has 6 nitrogen and oxygen atoms in total. The smallest absolute Gasteiger partial charge is 0.254 e. The molecule has 2 aromatic heterocycles. The summed E-state index contributed by atoms with van der Waals surface area (Å²) in [4.78, 5) is 11.7. The minimum Gasteiger partial charge on any atom is -0.350 e. The molecule has 1 N–H and O–H groups in total. The van der Waals surface area contributed by atoms with Crippen molar-refractivity contribution >= 4 is 17.5 Å². The monoisotopic (exact) mass is 267 g/mol. The van der Waals surface area contributed by atoms with Crippen LogP contribution in [0.25, 0.3) is 0 Å². The molecule has 0 atom stereocenters. The molecule has 96 valence electrons. The van der Waals surface area contributed by atoms with E-state index in [0.717, 1.165) is 6.54 Å². The Labute approximate surface area is 110 Å². The largest absolute Gasteiger partial charge is 0.350 e. The molecule has 0 saturated carbocycles. The van der Waals surface area contributed by atoms with Crippen molar-refractivity contribution in [3.63, 3.8) is 0 Å². The molecule has 7 heteroatoms. The summed E-state index contributed by atoms with van der Waals surface area (Å²) in [7, 11) is 0. The molecule has 0 radical (unpaired) electrons. The van der Waals surface area contributed by atoms with Crippen molar-refractivity contribution in [3.8, 4) is 0 Å². The van der Waals surface area contributed by atoms with Gasteiger partial charge in [-0.3, -0.25) is 14.2 Å². The van der Waals surface area contributed by atoms with Gasteiger partial charge in [-0.2, -0.15) is 10.2 Å². The van der Waals surface area contributed by atoms with E-state index in [1.165, 1.54) is 0 Å². The Balaban J connectivity index is 1.81. The summed E-state index contributed by atoms with van der Waals surface area (Å²) in [5.74, 6) is -0.132. The summed E-state index contributed by atoms with van der Waals surface area (Å²) in [6, 6.07) is 0. The highest BCUT2D eigenvalue weighted by Crippen LogP contribution is 2.04. The van der Waals surface area contributed by atoms with Gasteiger partial charge in [0.1, 0.15) is 0 Å². The Bertz CT molecular complexity index is 533. The van der Waals surface area contributed by atoms with Crippen molar-refractivity contribution in [1.82, 2.24) is 24.9 Å². The maximum Gasteiger partial charge on any atom is 0.254 e. The van der Waals surface area contributed by atoms with E-state index in [0.29, 0.717) is 23.7 Å². The molecule has 2 aromatic rings. The average Bonchev–Trinajstić information content (AvgIpc) is 2.98. The van der Waals surface area contributed by atoms with Gasteiger partial charge in [0, 0.05) is 25.5 Å². The summed E-state index contributed by atoms with van der Waals surface area (Å²) in [6.07, 6.45) is 6.56. The Morgan fingerprint density at radius 1 is 1.33 bits per heavy atom. The zero-order chi connectivity index (χ0) is 13.0. The Hall–Kier alpha value is -1.82. The first-order valence-electron chi connectivity index (χ1n) is 5.67. The highest BCUT2D eigenvalue weighted by atomic mass is 35.5. The Kier molecular flexibility index (Phi) is 3.99. The van der Waals surface area contributed by atoms with Crippen LogP contribution in [-0.4, -0.2) is 32.0 Å². The van der Waals surface area contributed by atoms with Crippen LogP contribution in [0.15, 0.2) is 24.8 Å². The van der Waals surface area contributed by atoms with Crippen LogP contribution < -0.4 is 5.32 Å². The van der Waals surface area contributed by atoms with E-state index >= 15 is 0 Å². The van der Waals surface area contributed by atoms with Gasteiger partial charge in [-0.25, -0.2) is 0 Å². The fourth-order valence-corrected chi connectivity index (χ4v) is 1.66.